The molecular formula is C8H11N3O2. The van der Waals surface area contributed by atoms with Gasteiger partial charge in [-0.1, -0.05) is 0 Å². The predicted octanol–water partition coefficient (Wildman–Crippen LogP) is -0.526. The molecule has 5 nitrogen and oxygen atoms in total. The van der Waals surface area contributed by atoms with Crippen LogP contribution in [0.25, 0.3) is 0 Å². The highest BCUT2D eigenvalue weighted by molar-refractivity contribution is 5.79. The Morgan fingerprint density at radius 3 is 3.08 bits per heavy atom. The molecule has 1 amide bonds. The van der Waals surface area contributed by atoms with Crippen molar-refractivity contribution >= 4 is 5.91 Å². The topological polar surface area (TPSA) is 75.1 Å². The summed E-state index contributed by atoms with van der Waals surface area (Å²) in [5.41, 5.74) is 0.663. The highest BCUT2D eigenvalue weighted by Gasteiger charge is 2.07. The van der Waals surface area contributed by atoms with Crippen LogP contribution in [0.5, 0.6) is 0 Å². The van der Waals surface area contributed by atoms with Crippen LogP contribution in [0.15, 0.2) is 18.3 Å². The van der Waals surface area contributed by atoms with E-state index in [1.165, 1.54) is 6.92 Å². The van der Waals surface area contributed by atoms with Gasteiger partial charge in [0.05, 0.1) is 12.2 Å². The number of aliphatic hydroxyl groups excluding tert-OH is 1. The quantitative estimate of drug-likeness (QED) is 0.657. The molecule has 0 radical (unpaired) electrons. The van der Waals surface area contributed by atoms with Gasteiger partial charge in [-0.3, -0.25) is 4.79 Å². The molecule has 0 aliphatic carbocycles. The summed E-state index contributed by atoms with van der Waals surface area (Å²) in [6.07, 6.45) is 0.566. The van der Waals surface area contributed by atoms with E-state index in [1.54, 1.807) is 18.3 Å². The van der Waals surface area contributed by atoms with Crippen molar-refractivity contribution in [2.75, 3.05) is 0 Å². The molecule has 0 aliphatic rings. The number of nitrogens with one attached hydrogen (secondary N) is 1. The van der Waals surface area contributed by atoms with Crippen LogP contribution in [0.1, 0.15) is 12.6 Å². The number of aliphatic hydroxyl groups is 1. The molecule has 0 aliphatic heterocycles. The number of nitrogens with zero attached hydrogens (tertiary/aromatic N) is 2. The summed E-state index contributed by atoms with van der Waals surface area (Å²) >= 11 is 0. The number of carbonyl (C=O) groups is 1. The summed E-state index contributed by atoms with van der Waals surface area (Å²) in [7, 11) is 0. The van der Waals surface area contributed by atoms with E-state index in [1.807, 2.05) is 0 Å². The van der Waals surface area contributed by atoms with Gasteiger partial charge in [-0.2, -0.15) is 10.2 Å². The molecule has 70 valence electrons. The van der Waals surface area contributed by atoms with E-state index in [-0.39, 0.29) is 6.54 Å². The van der Waals surface area contributed by atoms with E-state index in [9.17, 15) is 4.79 Å². The zero-order valence-electron chi connectivity index (χ0n) is 7.27. The first kappa shape index (κ1) is 9.60. The van der Waals surface area contributed by atoms with E-state index < -0.39 is 12.0 Å². The molecule has 1 aromatic rings. The minimum atomic E-state index is -0.989. The van der Waals surface area contributed by atoms with Crippen molar-refractivity contribution < 1.29 is 9.90 Å². The zero-order valence-corrected chi connectivity index (χ0v) is 7.27. The van der Waals surface area contributed by atoms with Gasteiger partial charge in [0.15, 0.2) is 0 Å². The number of hydrogen-bond donors (Lipinski definition) is 2. The van der Waals surface area contributed by atoms with Crippen molar-refractivity contribution in [1.29, 1.82) is 0 Å². The molecule has 13 heavy (non-hydrogen) atoms. The number of rotatable bonds is 3. The summed E-state index contributed by atoms with van der Waals surface area (Å²) < 4.78 is 0. The first-order chi connectivity index (χ1) is 6.20. The van der Waals surface area contributed by atoms with Gasteiger partial charge in [0.1, 0.15) is 6.10 Å². The van der Waals surface area contributed by atoms with Crippen molar-refractivity contribution in [3.8, 4) is 0 Å². The molecule has 0 spiro atoms. The van der Waals surface area contributed by atoms with Gasteiger partial charge in [-0.05, 0) is 19.1 Å². The maximum atomic E-state index is 10.9. The van der Waals surface area contributed by atoms with Gasteiger partial charge in [0.2, 0.25) is 5.91 Å². The Hall–Kier alpha value is -1.49. The summed E-state index contributed by atoms with van der Waals surface area (Å²) in [5, 5.41) is 18.8. The number of hydrogen-bond acceptors (Lipinski definition) is 4. The Bertz CT molecular complexity index is 274. The van der Waals surface area contributed by atoms with Crippen LogP contribution in [0, 0.1) is 0 Å². The Labute approximate surface area is 75.8 Å². The van der Waals surface area contributed by atoms with Crippen LogP contribution in [0.3, 0.4) is 0 Å². The fraction of sp³-hybridized carbons (Fsp3) is 0.375. The fourth-order valence-corrected chi connectivity index (χ4v) is 0.753. The predicted molar refractivity (Wildman–Crippen MR) is 45.6 cm³/mol. The van der Waals surface area contributed by atoms with Crippen LogP contribution < -0.4 is 5.32 Å². The van der Waals surface area contributed by atoms with Gasteiger partial charge in [-0.25, -0.2) is 0 Å². The lowest BCUT2D eigenvalue weighted by Gasteiger charge is -2.05. The van der Waals surface area contributed by atoms with Crippen LogP contribution >= 0.6 is 0 Å². The van der Waals surface area contributed by atoms with E-state index in [4.69, 9.17) is 5.11 Å². The van der Waals surface area contributed by atoms with E-state index >= 15 is 0 Å². The van der Waals surface area contributed by atoms with E-state index in [0.29, 0.717) is 5.69 Å². The second-order valence-corrected chi connectivity index (χ2v) is 2.61. The third-order valence-corrected chi connectivity index (χ3v) is 1.45. The summed E-state index contributed by atoms with van der Waals surface area (Å²) in [6.45, 7) is 1.70. The Morgan fingerprint density at radius 2 is 2.54 bits per heavy atom. The highest BCUT2D eigenvalue weighted by atomic mass is 16.3. The SMILES string of the molecule is C[C@@H](O)C(=O)NCc1cccnn1. The maximum absolute atomic E-state index is 10.9. The molecular weight excluding hydrogens is 170 g/mol. The van der Waals surface area contributed by atoms with Crippen molar-refractivity contribution in [2.24, 2.45) is 0 Å². The van der Waals surface area contributed by atoms with Crippen LogP contribution in [-0.2, 0) is 11.3 Å². The van der Waals surface area contributed by atoms with Gasteiger partial charge in [0.25, 0.3) is 0 Å². The molecule has 0 saturated carbocycles. The van der Waals surface area contributed by atoms with Crippen molar-refractivity contribution in [3.05, 3.63) is 24.0 Å². The van der Waals surface area contributed by atoms with Crippen molar-refractivity contribution in [3.63, 3.8) is 0 Å². The van der Waals surface area contributed by atoms with E-state index in [2.05, 4.69) is 15.5 Å². The molecule has 0 saturated heterocycles. The minimum absolute atomic E-state index is 0.289. The average molecular weight is 181 g/mol. The summed E-state index contributed by atoms with van der Waals surface area (Å²) in [6, 6.07) is 3.48. The lowest BCUT2D eigenvalue weighted by molar-refractivity contribution is -0.128. The number of aromatic nitrogens is 2. The average Bonchev–Trinajstić information content (AvgIpc) is 2.15. The van der Waals surface area contributed by atoms with Crippen LogP contribution in [-0.4, -0.2) is 27.3 Å². The molecule has 1 aromatic heterocycles. The lowest BCUT2D eigenvalue weighted by atomic mass is 10.3. The highest BCUT2D eigenvalue weighted by Crippen LogP contribution is 1.90. The largest absolute Gasteiger partial charge is 0.384 e. The first-order valence-electron chi connectivity index (χ1n) is 3.92. The molecule has 0 bridgehead atoms. The third kappa shape index (κ3) is 3.16. The van der Waals surface area contributed by atoms with Crippen molar-refractivity contribution in [2.45, 2.75) is 19.6 Å². The molecule has 0 aromatic carbocycles. The standard InChI is InChI=1S/C8H11N3O2/c1-6(12)8(13)9-5-7-3-2-4-10-11-7/h2-4,6,12H,5H2,1H3,(H,9,13)/t6-/m1/s1. The molecule has 2 N–H and O–H groups in total. The Kier molecular flexibility index (Phi) is 3.33. The fourth-order valence-electron chi connectivity index (χ4n) is 0.753. The molecule has 0 fully saturated rings. The maximum Gasteiger partial charge on any atom is 0.248 e. The van der Waals surface area contributed by atoms with Crippen LogP contribution in [0.4, 0.5) is 0 Å². The summed E-state index contributed by atoms with van der Waals surface area (Å²) in [5.74, 6) is -0.411. The summed E-state index contributed by atoms with van der Waals surface area (Å²) in [4.78, 5) is 10.9. The van der Waals surface area contributed by atoms with E-state index in [0.717, 1.165) is 0 Å². The monoisotopic (exact) mass is 181 g/mol. The number of amides is 1. The molecule has 5 heteroatoms. The molecule has 1 rings (SSSR count). The zero-order chi connectivity index (χ0) is 9.68. The van der Waals surface area contributed by atoms with Gasteiger partial charge < -0.3 is 10.4 Å². The third-order valence-electron chi connectivity index (χ3n) is 1.45. The van der Waals surface area contributed by atoms with Gasteiger partial charge >= 0.3 is 0 Å². The first-order valence-corrected chi connectivity index (χ1v) is 3.92. The normalized spacial score (nSPS) is 12.2. The Morgan fingerprint density at radius 1 is 1.77 bits per heavy atom. The Balaban J connectivity index is 2.40. The van der Waals surface area contributed by atoms with Gasteiger partial charge in [-0.15, -0.1) is 0 Å². The second-order valence-electron chi connectivity index (χ2n) is 2.61. The molecule has 1 heterocycles. The molecule has 1 atom stereocenters. The molecule has 0 unspecified atom stereocenters. The van der Waals surface area contributed by atoms with Crippen LogP contribution in [0.2, 0.25) is 0 Å². The lowest BCUT2D eigenvalue weighted by Crippen LogP contribution is -2.32. The smallest absolute Gasteiger partial charge is 0.248 e. The second kappa shape index (κ2) is 4.51. The minimum Gasteiger partial charge on any atom is -0.384 e. The van der Waals surface area contributed by atoms with Gasteiger partial charge in [0, 0.05) is 6.20 Å². The van der Waals surface area contributed by atoms with Crippen molar-refractivity contribution in [1.82, 2.24) is 15.5 Å². The number of carbonyl (C=O) groups excluding carboxylic acids is 1.